The van der Waals surface area contributed by atoms with Gasteiger partial charge in [-0.15, -0.1) is 0 Å². The molecule has 0 fully saturated rings. The Morgan fingerprint density at radius 3 is 2.50 bits per heavy atom. The second kappa shape index (κ2) is 5.76. The molecule has 94 valence electrons. The first-order valence-electron chi connectivity index (χ1n) is 5.61. The highest BCUT2D eigenvalue weighted by Crippen LogP contribution is 2.27. The first-order chi connectivity index (χ1) is 8.72. The molecule has 4 heteroatoms. The van der Waals surface area contributed by atoms with Crippen LogP contribution in [0.25, 0.3) is 0 Å². The van der Waals surface area contributed by atoms with Crippen molar-refractivity contribution in [3.05, 3.63) is 58.6 Å². The molecule has 2 aromatic carbocycles. The second-order valence-electron chi connectivity index (χ2n) is 3.92. The van der Waals surface area contributed by atoms with Gasteiger partial charge in [-0.1, -0.05) is 41.9 Å². The summed E-state index contributed by atoms with van der Waals surface area (Å²) >= 11 is 5.84. The monoisotopic (exact) mass is 263 g/mol. The summed E-state index contributed by atoms with van der Waals surface area (Å²) in [6.07, 6.45) is 0. The van der Waals surface area contributed by atoms with E-state index in [-0.39, 0.29) is 12.4 Å². The molecule has 0 aliphatic rings. The van der Waals surface area contributed by atoms with E-state index in [0.717, 1.165) is 16.8 Å². The summed E-state index contributed by atoms with van der Waals surface area (Å²) in [6, 6.07) is 12.7. The van der Waals surface area contributed by atoms with Crippen LogP contribution in [0.1, 0.15) is 11.1 Å². The Morgan fingerprint density at radius 2 is 1.72 bits per heavy atom. The van der Waals surface area contributed by atoms with Crippen LogP contribution in [0, 0.1) is 0 Å². The lowest BCUT2D eigenvalue weighted by atomic mass is 10.1. The molecular weight excluding hydrogens is 250 g/mol. The van der Waals surface area contributed by atoms with E-state index in [1.54, 1.807) is 18.2 Å². The maximum Gasteiger partial charge on any atom is 0.139 e. The average Bonchev–Trinajstić information content (AvgIpc) is 2.41. The molecule has 0 radical (unpaired) electrons. The van der Waals surface area contributed by atoms with Crippen molar-refractivity contribution in [3.8, 4) is 5.75 Å². The van der Waals surface area contributed by atoms with Gasteiger partial charge >= 0.3 is 0 Å². The fourth-order valence-corrected chi connectivity index (χ4v) is 1.92. The van der Waals surface area contributed by atoms with Crippen molar-refractivity contribution in [3.63, 3.8) is 0 Å². The Balaban J connectivity index is 2.14. The van der Waals surface area contributed by atoms with Crippen molar-refractivity contribution in [2.24, 2.45) is 0 Å². The van der Waals surface area contributed by atoms with Gasteiger partial charge in [-0.05, 0) is 12.1 Å². The van der Waals surface area contributed by atoms with E-state index in [1.165, 1.54) is 0 Å². The quantitative estimate of drug-likeness (QED) is 0.794. The minimum Gasteiger partial charge on any atom is -0.506 e. The fraction of sp³-hybridized carbons (Fsp3) is 0.143. The normalized spacial score (nSPS) is 10.3. The van der Waals surface area contributed by atoms with Gasteiger partial charge in [0.05, 0.1) is 11.6 Å². The molecule has 0 bridgehead atoms. The molecule has 0 amide bonds. The minimum absolute atomic E-state index is 0.0231. The van der Waals surface area contributed by atoms with Crippen molar-refractivity contribution < 1.29 is 10.2 Å². The Morgan fingerprint density at radius 1 is 1.00 bits per heavy atom. The van der Waals surface area contributed by atoms with Gasteiger partial charge in [0.1, 0.15) is 5.75 Å². The van der Waals surface area contributed by atoms with Crippen molar-refractivity contribution in [1.29, 1.82) is 0 Å². The van der Waals surface area contributed by atoms with Gasteiger partial charge in [0, 0.05) is 23.4 Å². The van der Waals surface area contributed by atoms with Gasteiger partial charge in [-0.25, -0.2) is 0 Å². The molecule has 0 aromatic heterocycles. The highest BCUT2D eigenvalue weighted by Gasteiger charge is 2.06. The number of phenolic OH excluding ortho intramolecular Hbond substituents is 1. The van der Waals surface area contributed by atoms with Crippen LogP contribution < -0.4 is 5.32 Å². The zero-order valence-electron chi connectivity index (χ0n) is 9.73. The van der Waals surface area contributed by atoms with Crippen LogP contribution in [0.2, 0.25) is 5.02 Å². The molecule has 0 spiro atoms. The summed E-state index contributed by atoms with van der Waals surface area (Å²) < 4.78 is 0. The Hall–Kier alpha value is -1.71. The number of benzene rings is 2. The van der Waals surface area contributed by atoms with Gasteiger partial charge in [0.15, 0.2) is 0 Å². The Kier molecular flexibility index (Phi) is 4.07. The summed E-state index contributed by atoms with van der Waals surface area (Å²) in [4.78, 5) is 0. The van der Waals surface area contributed by atoms with Crippen LogP contribution in [0.3, 0.4) is 0 Å². The molecule has 0 saturated heterocycles. The van der Waals surface area contributed by atoms with E-state index in [1.807, 2.05) is 24.3 Å². The molecule has 18 heavy (non-hydrogen) atoms. The number of aliphatic hydroxyl groups is 1. The fourth-order valence-electron chi connectivity index (χ4n) is 1.72. The molecule has 0 atom stereocenters. The molecular formula is C14H14ClNO2. The number of anilines is 1. The number of para-hydroxylation sites is 2. The van der Waals surface area contributed by atoms with Gasteiger partial charge in [0.25, 0.3) is 0 Å². The van der Waals surface area contributed by atoms with Gasteiger partial charge in [-0.2, -0.15) is 0 Å². The lowest BCUT2D eigenvalue weighted by Crippen LogP contribution is -2.02. The number of rotatable bonds is 4. The number of hydrogen-bond donors (Lipinski definition) is 3. The number of halogens is 1. The zero-order chi connectivity index (χ0) is 13.0. The third-order valence-corrected chi connectivity index (χ3v) is 3.03. The maximum atomic E-state index is 9.78. The Bertz CT molecular complexity index is 543. The lowest BCUT2D eigenvalue weighted by Gasteiger charge is -2.11. The highest BCUT2D eigenvalue weighted by molar-refractivity contribution is 6.32. The van der Waals surface area contributed by atoms with Crippen LogP contribution >= 0.6 is 11.6 Å². The van der Waals surface area contributed by atoms with Crippen molar-refractivity contribution in [2.75, 3.05) is 5.32 Å². The summed E-state index contributed by atoms with van der Waals surface area (Å²) in [5, 5.41) is 22.5. The standard InChI is InChI=1S/C14H14ClNO2/c15-12-6-3-5-10(14(12)18)8-16-13-7-2-1-4-11(13)9-17/h1-7,16-18H,8-9H2. The SMILES string of the molecule is OCc1ccccc1NCc1cccc(Cl)c1O. The first kappa shape index (κ1) is 12.7. The number of nitrogens with one attached hydrogen (secondary N) is 1. The molecule has 0 aliphatic carbocycles. The van der Waals surface area contributed by atoms with Crippen LogP contribution in [0.5, 0.6) is 5.75 Å². The van der Waals surface area contributed by atoms with Crippen LogP contribution in [-0.2, 0) is 13.2 Å². The number of phenols is 1. The zero-order valence-corrected chi connectivity index (χ0v) is 10.5. The maximum absolute atomic E-state index is 9.78. The molecule has 0 heterocycles. The van der Waals surface area contributed by atoms with E-state index in [4.69, 9.17) is 11.6 Å². The predicted molar refractivity (Wildman–Crippen MR) is 72.8 cm³/mol. The van der Waals surface area contributed by atoms with Gasteiger partial charge in [-0.3, -0.25) is 0 Å². The molecule has 2 rings (SSSR count). The molecule has 3 N–H and O–H groups in total. The topological polar surface area (TPSA) is 52.5 Å². The van der Waals surface area contributed by atoms with Crippen molar-refractivity contribution >= 4 is 17.3 Å². The third-order valence-electron chi connectivity index (χ3n) is 2.73. The molecule has 0 aliphatic heterocycles. The van der Waals surface area contributed by atoms with E-state index in [2.05, 4.69) is 5.32 Å². The second-order valence-corrected chi connectivity index (χ2v) is 4.32. The van der Waals surface area contributed by atoms with E-state index in [9.17, 15) is 10.2 Å². The smallest absolute Gasteiger partial charge is 0.139 e. The lowest BCUT2D eigenvalue weighted by molar-refractivity contribution is 0.282. The van der Waals surface area contributed by atoms with Crippen molar-refractivity contribution in [1.82, 2.24) is 0 Å². The Labute approximate surface area is 111 Å². The van der Waals surface area contributed by atoms with E-state index >= 15 is 0 Å². The average molecular weight is 264 g/mol. The van der Waals surface area contributed by atoms with Gasteiger partial charge < -0.3 is 15.5 Å². The van der Waals surface area contributed by atoms with Crippen molar-refractivity contribution in [2.45, 2.75) is 13.2 Å². The summed E-state index contributed by atoms with van der Waals surface area (Å²) in [5.74, 6) is 0.0909. The summed E-state index contributed by atoms with van der Waals surface area (Å²) in [6.45, 7) is 0.425. The van der Waals surface area contributed by atoms with Crippen LogP contribution in [0.15, 0.2) is 42.5 Å². The van der Waals surface area contributed by atoms with Crippen LogP contribution in [0.4, 0.5) is 5.69 Å². The summed E-state index contributed by atoms with van der Waals surface area (Å²) in [5.41, 5.74) is 2.38. The number of hydrogen-bond acceptors (Lipinski definition) is 3. The molecule has 0 unspecified atom stereocenters. The third kappa shape index (κ3) is 2.75. The number of aliphatic hydroxyl groups excluding tert-OH is 1. The van der Waals surface area contributed by atoms with E-state index < -0.39 is 0 Å². The molecule has 0 saturated carbocycles. The number of aromatic hydroxyl groups is 1. The highest BCUT2D eigenvalue weighted by atomic mass is 35.5. The minimum atomic E-state index is -0.0231. The van der Waals surface area contributed by atoms with E-state index in [0.29, 0.717) is 11.6 Å². The van der Waals surface area contributed by atoms with Gasteiger partial charge in [0.2, 0.25) is 0 Å². The first-order valence-corrected chi connectivity index (χ1v) is 5.99. The molecule has 3 nitrogen and oxygen atoms in total. The molecule has 2 aromatic rings. The van der Waals surface area contributed by atoms with Crippen LogP contribution in [-0.4, -0.2) is 10.2 Å². The largest absolute Gasteiger partial charge is 0.506 e. The predicted octanol–water partition coefficient (Wildman–Crippen LogP) is 3.15. The summed E-state index contributed by atoms with van der Waals surface area (Å²) in [7, 11) is 0.